The van der Waals surface area contributed by atoms with Crippen molar-refractivity contribution in [3.63, 3.8) is 0 Å². The fraction of sp³-hybridized carbons (Fsp3) is 0.167. The highest BCUT2D eigenvalue weighted by molar-refractivity contribution is 6.05. The van der Waals surface area contributed by atoms with Crippen LogP contribution >= 0.6 is 0 Å². The van der Waals surface area contributed by atoms with Gasteiger partial charge in [-0.25, -0.2) is 0 Å². The van der Waals surface area contributed by atoms with Gasteiger partial charge in [0.05, 0.1) is 4.92 Å². The van der Waals surface area contributed by atoms with Crippen molar-refractivity contribution in [2.24, 2.45) is 0 Å². The first-order valence-corrected chi connectivity index (χ1v) is 7.50. The standard InChI is InChI=1S/C18H15N3O3/c1-2-12-4-3-5-15(10-12)20-18(22)13-6-9-16(19-14-7-8-14)17(11-13)21(23)24/h1,3-6,9-11,14,19H,7-8H2,(H,20,22). The molecule has 1 amide bonds. The minimum atomic E-state index is -0.486. The normalized spacial score (nSPS) is 13.0. The Balaban J connectivity index is 1.82. The molecule has 120 valence electrons. The monoisotopic (exact) mass is 321 g/mol. The van der Waals surface area contributed by atoms with Crippen molar-refractivity contribution in [3.8, 4) is 12.3 Å². The van der Waals surface area contributed by atoms with Crippen molar-refractivity contribution in [2.75, 3.05) is 10.6 Å². The van der Waals surface area contributed by atoms with Crippen LogP contribution in [0.2, 0.25) is 0 Å². The van der Waals surface area contributed by atoms with Crippen LogP contribution in [0.4, 0.5) is 17.1 Å². The molecule has 1 saturated carbocycles. The van der Waals surface area contributed by atoms with Crippen LogP contribution in [0, 0.1) is 22.5 Å². The second-order valence-corrected chi connectivity index (χ2v) is 5.59. The summed E-state index contributed by atoms with van der Waals surface area (Å²) in [6, 6.07) is 11.6. The first kappa shape index (κ1) is 15.6. The molecule has 1 aliphatic rings. The number of hydrogen-bond donors (Lipinski definition) is 2. The zero-order chi connectivity index (χ0) is 17.1. The summed E-state index contributed by atoms with van der Waals surface area (Å²) in [6.07, 6.45) is 7.34. The van der Waals surface area contributed by atoms with Crippen molar-refractivity contribution in [2.45, 2.75) is 18.9 Å². The van der Waals surface area contributed by atoms with Crippen molar-refractivity contribution >= 4 is 23.0 Å². The van der Waals surface area contributed by atoms with Gasteiger partial charge < -0.3 is 10.6 Å². The van der Waals surface area contributed by atoms with E-state index >= 15 is 0 Å². The number of terminal acetylenes is 1. The van der Waals surface area contributed by atoms with E-state index in [0.29, 0.717) is 16.9 Å². The first-order chi connectivity index (χ1) is 11.6. The Labute approximate surface area is 139 Å². The summed E-state index contributed by atoms with van der Waals surface area (Å²) in [5.41, 5.74) is 1.73. The zero-order valence-corrected chi connectivity index (χ0v) is 12.8. The van der Waals surface area contributed by atoms with Crippen LogP contribution in [0.3, 0.4) is 0 Å². The molecule has 0 radical (unpaired) electrons. The summed E-state index contributed by atoms with van der Waals surface area (Å²) in [5, 5.41) is 17.0. The van der Waals surface area contributed by atoms with Crippen LogP contribution in [0.25, 0.3) is 0 Å². The molecule has 3 rings (SSSR count). The van der Waals surface area contributed by atoms with Gasteiger partial charge in [0.2, 0.25) is 0 Å². The van der Waals surface area contributed by atoms with Crippen LogP contribution < -0.4 is 10.6 Å². The molecule has 0 aliphatic heterocycles. The van der Waals surface area contributed by atoms with E-state index in [1.54, 1.807) is 36.4 Å². The molecule has 1 aliphatic carbocycles. The third-order valence-electron chi connectivity index (χ3n) is 3.68. The number of amides is 1. The average molecular weight is 321 g/mol. The van der Waals surface area contributed by atoms with Crippen molar-refractivity contribution < 1.29 is 9.72 Å². The highest BCUT2D eigenvalue weighted by atomic mass is 16.6. The van der Waals surface area contributed by atoms with Gasteiger partial charge in [0.15, 0.2) is 0 Å². The highest BCUT2D eigenvalue weighted by Gasteiger charge is 2.25. The van der Waals surface area contributed by atoms with Gasteiger partial charge in [-0.05, 0) is 43.2 Å². The highest BCUT2D eigenvalue weighted by Crippen LogP contribution is 2.31. The molecule has 0 heterocycles. The van der Waals surface area contributed by atoms with Crippen molar-refractivity contribution in [3.05, 3.63) is 63.7 Å². The van der Waals surface area contributed by atoms with E-state index in [1.807, 2.05) is 0 Å². The van der Waals surface area contributed by atoms with Gasteiger partial charge in [-0.2, -0.15) is 0 Å². The Hall–Kier alpha value is -3.33. The molecule has 0 atom stereocenters. The number of nitrogens with zero attached hydrogens (tertiary/aromatic N) is 1. The van der Waals surface area contributed by atoms with Crippen LogP contribution in [0.1, 0.15) is 28.8 Å². The quantitative estimate of drug-likeness (QED) is 0.502. The minimum absolute atomic E-state index is 0.105. The fourth-order valence-corrected chi connectivity index (χ4v) is 2.28. The molecule has 0 aromatic heterocycles. The van der Waals surface area contributed by atoms with E-state index in [4.69, 9.17) is 6.42 Å². The zero-order valence-electron chi connectivity index (χ0n) is 12.8. The van der Waals surface area contributed by atoms with Crippen LogP contribution in [-0.4, -0.2) is 16.9 Å². The average Bonchev–Trinajstić information content (AvgIpc) is 3.39. The number of anilines is 2. The topological polar surface area (TPSA) is 84.3 Å². The molecule has 0 saturated heterocycles. The molecule has 2 N–H and O–H groups in total. The molecular formula is C18H15N3O3. The second kappa shape index (κ2) is 6.42. The number of rotatable bonds is 5. The van der Waals surface area contributed by atoms with Gasteiger partial charge in [-0.15, -0.1) is 6.42 Å². The Morgan fingerprint density at radius 2 is 2.04 bits per heavy atom. The van der Waals surface area contributed by atoms with Crippen LogP contribution in [-0.2, 0) is 0 Å². The summed E-state index contributed by atoms with van der Waals surface area (Å²) in [6.45, 7) is 0. The van der Waals surface area contributed by atoms with Crippen LogP contribution in [0.5, 0.6) is 0 Å². The molecule has 6 heteroatoms. The maximum absolute atomic E-state index is 12.3. The van der Waals surface area contributed by atoms with Crippen molar-refractivity contribution in [1.29, 1.82) is 0 Å². The maximum Gasteiger partial charge on any atom is 0.293 e. The van der Waals surface area contributed by atoms with Gasteiger partial charge in [-0.1, -0.05) is 12.0 Å². The Morgan fingerprint density at radius 3 is 2.71 bits per heavy atom. The van der Waals surface area contributed by atoms with E-state index in [2.05, 4.69) is 16.6 Å². The smallest absolute Gasteiger partial charge is 0.293 e. The summed E-state index contributed by atoms with van der Waals surface area (Å²) in [4.78, 5) is 23.1. The summed E-state index contributed by atoms with van der Waals surface area (Å²) >= 11 is 0. The molecule has 0 unspecified atom stereocenters. The fourth-order valence-electron chi connectivity index (χ4n) is 2.28. The largest absolute Gasteiger partial charge is 0.377 e. The maximum atomic E-state index is 12.3. The molecule has 24 heavy (non-hydrogen) atoms. The lowest BCUT2D eigenvalue weighted by Gasteiger charge is -2.09. The predicted molar refractivity (Wildman–Crippen MR) is 92.1 cm³/mol. The van der Waals surface area contributed by atoms with E-state index < -0.39 is 10.8 Å². The van der Waals surface area contributed by atoms with E-state index in [-0.39, 0.29) is 17.3 Å². The molecule has 6 nitrogen and oxygen atoms in total. The number of benzene rings is 2. The molecule has 2 aromatic rings. The van der Waals surface area contributed by atoms with Gasteiger partial charge in [0.1, 0.15) is 5.69 Å². The number of carbonyl (C=O) groups excluding carboxylic acids is 1. The minimum Gasteiger partial charge on any atom is -0.377 e. The lowest BCUT2D eigenvalue weighted by Crippen LogP contribution is -2.13. The van der Waals surface area contributed by atoms with Crippen molar-refractivity contribution in [1.82, 2.24) is 0 Å². The Kier molecular flexibility index (Phi) is 4.17. The number of nitrogens with one attached hydrogen (secondary N) is 2. The first-order valence-electron chi connectivity index (χ1n) is 7.50. The summed E-state index contributed by atoms with van der Waals surface area (Å²) in [7, 11) is 0. The summed E-state index contributed by atoms with van der Waals surface area (Å²) in [5.74, 6) is 2.06. The van der Waals surface area contributed by atoms with E-state index in [1.165, 1.54) is 6.07 Å². The molecule has 1 fully saturated rings. The predicted octanol–water partition coefficient (Wildman–Crippen LogP) is 3.40. The van der Waals surface area contributed by atoms with Crippen LogP contribution in [0.15, 0.2) is 42.5 Å². The van der Waals surface area contributed by atoms with Gasteiger partial charge in [0.25, 0.3) is 11.6 Å². The van der Waals surface area contributed by atoms with Gasteiger partial charge in [-0.3, -0.25) is 14.9 Å². The Morgan fingerprint density at radius 1 is 1.25 bits per heavy atom. The third-order valence-corrected chi connectivity index (χ3v) is 3.68. The molecular weight excluding hydrogens is 306 g/mol. The summed E-state index contributed by atoms with van der Waals surface area (Å²) < 4.78 is 0. The lowest BCUT2D eigenvalue weighted by atomic mass is 10.1. The van der Waals surface area contributed by atoms with E-state index in [9.17, 15) is 14.9 Å². The number of nitro groups is 1. The molecule has 0 bridgehead atoms. The number of hydrogen-bond acceptors (Lipinski definition) is 4. The molecule has 0 spiro atoms. The third kappa shape index (κ3) is 3.52. The lowest BCUT2D eigenvalue weighted by molar-refractivity contribution is -0.384. The number of carbonyl (C=O) groups is 1. The second-order valence-electron chi connectivity index (χ2n) is 5.59. The van der Waals surface area contributed by atoms with Gasteiger partial charge >= 0.3 is 0 Å². The Bertz CT molecular complexity index is 851. The SMILES string of the molecule is C#Cc1cccc(NC(=O)c2ccc(NC3CC3)c([N+](=O)[O-])c2)c1. The molecule has 2 aromatic carbocycles. The number of nitro benzene ring substituents is 1. The van der Waals surface area contributed by atoms with E-state index in [0.717, 1.165) is 12.8 Å². The van der Waals surface area contributed by atoms with Gasteiger partial charge in [0, 0.05) is 28.9 Å².